The number of rotatable bonds is 1. The summed E-state index contributed by atoms with van der Waals surface area (Å²) in [5.41, 5.74) is -0.335. The summed E-state index contributed by atoms with van der Waals surface area (Å²) in [5.74, 6) is 0. The molecule has 6 heteroatoms. The third kappa shape index (κ3) is 1.64. The zero-order valence-electron chi connectivity index (χ0n) is 7.60. The number of pyridine rings is 1. The minimum Gasteiger partial charge on any atom is -0.327 e. The van der Waals surface area contributed by atoms with Crippen LogP contribution in [-0.2, 0) is 10.0 Å². The SMILES string of the molecule is NS(=O)(=O)c1c[nH]c(=O)c2ccccc12. The summed E-state index contributed by atoms with van der Waals surface area (Å²) < 4.78 is 22.4. The molecule has 0 fully saturated rings. The van der Waals surface area contributed by atoms with Crippen LogP contribution in [0.15, 0.2) is 40.2 Å². The van der Waals surface area contributed by atoms with Crippen molar-refractivity contribution in [3.05, 3.63) is 40.8 Å². The molecule has 0 spiro atoms. The summed E-state index contributed by atoms with van der Waals surface area (Å²) in [6, 6.07) is 6.40. The number of hydrogen-bond donors (Lipinski definition) is 2. The Morgan fingerprint density at radius 3 is 2.33 bits per heavy atom. The van der Waals surface area contributed by atoms with Gasteiger partial charge in [0.05, 0.1) is 0 Å². The first kappa shape index (κ1) is 9.88. The summed E-state index contributed by atoms with van der Waals surface area (Å²) >= 11 is 0. The molecule has 2 aromatic rings. The van der Waals surface area contributed by atoms with Crippen LogP contribution in [0.4, 0.5) is 0 Å². The van der Waals surface area contributed by atoms with Gasteiger partial charge in [0.15, 0.2) is 0 Å². The van der Waals surface area contributed by atoms with Crippen molar-refractivity contribution in [1.82, 2.24) is 4.98 Å². The molecule has 5 nitrogen and oxygen atoms in total. The van der Waals surface area contributed by atoms with Gasteiger partial charge < -0.3 is 4.98 Å². The number of aromatic nitrogens is 1. The van der Waals surface area contributed by atoms with Gasteiger partial charge in [-0.1, -0.05) is 18.2 Å². The highest BCUT2D eigenvalue weighted by Gasteiger charge is 2.13. The second-order valence-electron chi connectivity index (χ2n) is 3.07. The predicted molar refractivity (Wildman–Crippen MR) is 55.9 cm³/mol. The van der Waals surface area contributed by atoms with Crippen molar-refractivity contribution in [3.8, 4) is 0 Å². The summed E-state index contributed by atoms with van der Waals surface area (Å²) in [4.78, 5) is 13.6. The van der Waals surface area contributed by atoms with E-state index < -0.39 is 10.0 Å². The number of hydrogen-bond acceptors (Lipinski definition) is 3. The van der Waals surface area contributed by atoms with Gasteiger partial charge in [0.25, 0.3) is 5.56 Å². The van der Waals surface area contributed by atoms with Gasteiger partial charge in [0.2, 0.25) is 10.0 Å². The number of nitrogens with two attached hydrogens (primary N) is 1. The van der Waals surface area contributed by atoms with Crippen LogP contribution < -0.4 is 10.7 Å². The van der Waals surface area contributed by atoms with Gasteiger partial charge in [-0.05, 0) is 6.07 Å². The second-order valence-corrected chi connectivity index (χ2v) is 4.60. The molecule has 15 heavy (non-hydrogen) atoms. The Hall–Kier alpha value is -1.66. The summed E-state index contributed by atoms with van der Waals surface area (Å²) in [7, 11) is -3.82. The van der Waals surface area contributed by atoms with Crippen molar-refractivity contribution in [2.75, 3.05) is 0 Å². The van der Waals surface area contributed by atoms with Crippen molar-refractivity contribution in [2.24, 2.45) is 5.14 Å². The molecule has 0 aliphatic rings. The van der Waals surface area contributed by atoms with Crippen LogP contribution in [0.2, 0.25) is 0 Å². The van der Waals surface area contributed by atoms with Gasteiger partial charge in [-0.15, -0.1) is 0 Å². The van der Waals surface area contributed by atoms with E-state index in [1.165, 1.54) is 0 Å². The van der Waals surface area contributed by atoms with Crippen LogP contribution in [0.5, 0.6) is 0 Å². The second kappa shape index (κ2) is 3.18. The first-order chi connectivity index (χ1) is 7.00. The zero-order chi connectivity index (χ0) is 11.1. The number of fused-ring (bicyclic) bond motifs is 1. The number of benzene rings is 1. The van der Waals surface area contributed by atoms with Crippen molar-refractivity contribution in [1.29, 1.82) is 0 Å². The predicted octanol–water partition coefficient (Wildman–Crippen LogP) is 0.175. The smallest absolute Gasteiger partial charge is 0.255 e. The first-order valence-corrected chi connectivity index (χ1v) is 5.68. The Labute approximate surface area is 85.6 Å². The maximum Gasteiger partial charge on any atom is 0.255 e. The van der Waals surface area contributed by atoms with Gasteiger partial charge in [-0.25, -0.2) is 13.6 Å². The monoisotopic (exact) mass is 224 g/mol. The van der Waals surface area contributed by atoms with E-state index in [1.54, 1.807) is 24.3 Å². The molecule has 0 saturated carbocycles. The molecule has 78 valence electrons. The van der Waals surface area contributed by atoms with Crippen molar-refractivity contribution < 1.29 is 8.42 Å². The molecule has 0 amide bonds. The molecular formula is C9H8N2O3S. The van der Waals surface area contributed by atoms with E-state index in [0.29, 0.717) is 10.8 Å². The standard InChI is InChI=1S/C9H8N2O3S/c10-15(13,14)8-5-11-9(12)7-4-2-1-3-6(7)8/h1-5H,(H,11,12)(H2,10,13,14). The quantitative estimate of drug-likeness (QED) is 0.723. The lowest BCUT2D eigenvalue weighted by atomic mass is 10.2. The largest absolute Gasteiger partial charge is 0.327 e. The molecule has 3 N–H and O–H groups in total. The van der Waals surface area contributed by atoms with Gasteiger partial charge in [-0.3, -0.25) is 4.79 Å². The van der Waals surface area contributed by atoms with Gasteiger partial charge >= 0.3 is 0 Å². The summed E-state index contributed by atoms with van der Waals surface area (Å²) in [6.07, 6.45) is 1.11. The molecular weight excluding hydrogens is 216 g/mol. The van der Waals surface area contributed by atoms with E-state index >= 15 is 0 Å². The maximum atomic E-state index is 11.4. The summed E-state index contributed by atoms with van der Waals surface area (Å²) in [5, 5.41) is 5.67. The fourth-order valence-corrected chi connectivity index (χ4v) is 2.13. The fourth-order valence-electron chi connectivity index (χ4n) is 1.42. The lowest BCUT2D eigenvalue weighted by molar-refractivity contribution is 0.598. The molecule has 0 aliphatic heterocycles. The van der Waals surface area contributed by atoms with E-state index in [2.05, 4.69) is 4.98 Å². The van der Waals surface area contributed by atoms with E-state index in [0.717, 1.165) is 6.20 Å². The Kier molecular flexibility index (Phi) is 2.09. The highest BCUT2D eigenvalue weighted by molar-refractivity contribution is 7.89. The normalized spacial score (nSPS) is 11.8. The average molecular weight is 224 g/mol. The molecule has 2 rings (SSSR count). The lowest BCUT2D eigenvalue weighted by Crippen LogP contribution is -2.16. The number of nitrogens with one attached hydrogen (secondary N) is 1. The van der Waals surface area contributed by atoms with Crippen LogP contribution in [0, 0.1) is 0 Å². The Morgan fingerprint density at radius 1 is 1.13 bits per heavy atom. The number of aromatic amines is 1. The lowest BCUT2D eigenvalue weighted by Gasteiger charge is -2.02. The third-order valence-electron chi connectivity index (χ3n) is 2.08. The molecule has 0 atom stereocenters. The number of primary sulfonamides is 1. The van der Waals surface area contributed by atoms with E-state index in [4.69, 9.17) is 5.14 Å². The van der Waals surface area contributed by atoms with Crippen LogP contribution in [0.3, 0.4) is 0 Å². The molecule has 1 aromatic heterocycles. The van der Waals surface area contributed by atoms with Gasteiger partial charge in [0, 0.05) is 17.0 Å². The average Bonchev–Trinajstić information content (AvgIpc) is 2.17. The van der Waals surface area contributed by atoms with E-state index in [1.807, 2.05) is 0 Å². The molecule has 1 aromatic carbocycles. The molecule has 0 saturated heterocycles. The highest BCUT2D eigenvalue weighted by Crippen LogP contribution is 2.17. The van der Waals surface area contributed by atoms with Gasteiger partial charge in [0.1, 0.15) is 4.90 Å². The molecule has 1 heterocycles. The summed E-state index contributed by atoms with van der Waals surface area (Å²) in [6.45, 7) is 0. The third-order valence-corrected chi connectivity index (χ3v) is 3.03. The minimum absolute atomic E-state index is 0.0716. The molecule has 0 aliphatic carbocycles. The van der Waals surface area contributed by atoms with Crippen molar-refractivity contribution in [3.63, 3.8) is 0 Å². The van der Waals surface area contributed by atoms with Crippen molar-refractivity contribution >= 4 is 20.8 Å². The molecule has 0 radical (unpaired) electrons. The van der Waals surface area contributed by atoms with Crippen molar-refractivity contribution in [2.45, 2.75) is 4.90 Å². The Morgan fingerprint density at radius 2 is 1.73 bits per heavy atom. The van der Waals surface area contributed by atoms with Crippen LogP contribution >= 0.6 is 0 Å². The fraction of sp³-hybridized carbons (Fsp3) is 0. The molecule has 0 unspecified atom stereocenters. The van der Waals surface area contributed by atoms with Crippen LogP contribution in [0.1, 0.15) is 0 Å². The number of H-pyrrole nitrogens is 1. The Bertz CT molecular complexity index is 673. The van der Waals surface area contributed by atoms with E-state index in [-0.39, 0.29) is 10.5 Å². The van der Waals surface area contributed by atoms with Crippen LogP contribution in [0.25, 0.3) is 10.8 Å². The van der Waals surface area contributed by atoms with Gasteiger partial charge in [-0.2, -0.15) is 0 Å². The zero-order valence-corrected chi connectivity index (χ0v) is 8.41. The Balaban J connectivity index is 3.03. The topological polar surface area (TPSA) is 93.0 Å². The highest BCUT2D eigenvalue weighted by atomic mass is 32.2. The maximum absolute atomic E-state index is 11.4. The van der Waals surface area contributed by atoms with E-state index in [9.17, 15) is 13.2 Å². The molecule has 0 bridgehead atoms. The minimum atomic E-state index is -3.82. The van der Waals surface area contributed by atoms with Crippen LogP contribution in [-0.4, -0.2) is 13.4 Å². The number of sulfonamides is 1. The first-order valence-electron chi connectivity index (χ1n) is 4.13.